The zero-order valence-electron chi connectivity index (χ0n) is 17.7. The molecule has 1 aromatic heterocycles. The number of ketones is 1. The first-order chi connectivity index (χ1) is 14.7. The van der Waals surface area contributed by atoms with Gasteiger partial charge in [0.2, 0.25) is 10.0 Å². The molecule has 0 unspecified atom stereocenters. The minimum absolute atomic E-state index is 0.0383. The fraction of sp³-hybridized carbons (Fsp3) is 0.700. The van der Waals surface area contributed by atoms with Gasteiger partial charge in [0, 0.05) is 38.0 Å². The number of hydrogen-bond donors (Lipinski definition) is 0. The van der Waals surface area contributed by atoms with Crippen LogP contribution in [-0.2, 0) is 21.0 Å². The van der Waals surface area contributed by atoms with E-state index < -0.39 is 32.3 Å². The molecule has 3 fully saturated rings. The van der Waals surface area contributed by atoms with Crippen molar-refractivity contribution in [1.29, 1.82) is 0 Å². The molecule has 0 aromatic carbocycles. The summed E-state index contributed by atoms with van der Waals surface area (Å²) >= 11 is 11.8. The van der Waals surface area contributed by atoms with Gasteiger partial charge in [0.05, 0.1) is 16.3 Å². The highest BCUT2D eigenvalue weighted by Gasteiger charge is 2.65. The van der Waals surface area contributed by atoms with E-state index in [1.807, 2.05) is 13.8 Å². The van der Waals surface area contributed by atoms with Gasteiger partial charge in [-0.05, 0) is 30.2 Å². The molecule has 32 heavy (non-hydrogen) atoms. The Morgan fingerprint density at radius 2 is 1.81 bits per heavy atom. The molecule has 1 aliphatic heterocycles. The molecule has 0 spiro atoms. The summed E-state index contributed by atoms with van der Waals surface area (Å²) in [6.07, 6.45) is -2.79. The van der Waals surface area contributed by atoms with E-state index in [0.717, 1.165) is 12.5 Å². The van der Waals surface area contributed by atoms with Crippen molar-refractivity contribution >= 4 is 44.8 Å². The van der Waals surface area contributed by atoms with E-state index in [1.54, 1.807) is 4.90 Å². The van der Waals surface area contributed by atoms with Crippen molar-refractivity contribution in [2.24, 2.45) is 16.7 Å². The molecule has 1 saturated heterocycles. The molecule has 2 atom stereocenters. The lowest BCUT2D eigenvalue weighted by atomic mass is 9.70. The van der Waals surface area contributed by atoms with Gasteiger partial charge in [-0.15, -0.1) is 0 Å². The largest absolute Gasteiger partial charge is 0.419 e. The van der Waals surface area contributed by atoms with Crippen LogP contribution in [0.5, 0.6) is 0 Å². The number of aromatic nitrogens is 1. The van der Waals surface area contributed by atoms with Crippen LogP contribution in [0.15, 0.2) is 6.07 Å². The molecule has 2 heterocycles. The maximum atomic E-state index is 13.2. The molecule has 178 valence electrons. The molecule has 2 aliphatic carbocycles. The number of carbonyl (C=O) groups excluding carboxylic acids is 1. The van der Waals surface area contributed by atoms with Crippen LogP contribution in [0.2, 0.25) is 10.2 Å². The quantitative estimate of drug-likeness (QED) is 0.562. The fourth-order valence-electron chi connectivity index (χ4n) is 5.57. The average molecular weight is 514 g/mol. The van der Waals surface area contributed by atoms with E-state index in [1.165, 1.54) is 4.31 Å². The number of carbonyl (C=O) groups is 1. The smallest absolute Gasteiger partial charge is 0.353 e. The van der Waals surface area contributed by atoms with E-state index in [2.05, 4.69) is 4.98 Å². The van der Waals surface area contributed by atoms with Crippen LogP contribution in [0.25, 0.3) is 0 Å². The van der Waals surface area contributed by atoms with Gasteiger partial charge in [0.15, 0.2) is 0 Å². The van der Waals surface area contributed by atoms with Gasteiger partial charge in [-0.1, -0.05) is 37.0 Å². The number of Topliss-reactive ketones (excluding diaryl/α,β-unsaturated/α-hetero) is 1. The number of fused-ring (bicyclic) bond motifs is 2. The number of nitrogens with zero attached hydrogens (tertiary/aromatic N) is 3. The number of hydrogen-bond acceptors (Lipinski definition) is 5. The first-order valence-electron chi connectivity index (χ1n) is 10.4. The second-order valence-corrected chi connectivity index (χ2v) is 12.2. The fourth-order valence-corrected chi connectivity index (χ4v) is 8.28. The Morgan fingerprint density at radius 3 is 2.31 bits per heavy atom. The summed E-state index contributed by atoms with van der Waals surface area (Å²) in [5.74, 6) is 0.148. The number of sulfonamides is 1. The standard InChI is InChI=1S/C20H24Cl2F3N3O3S/c1-18(2)12-3-4-19(18,15(29)9-12)11-32(30,31)28-7-5-27(6-8-28)17-14(21)10-13(16(22)26-17)20(23,24)25/h10,12H,3-9,11H2,1-2H3/t12-,19+/m1/s1. The van der Waals surface area contributed by atoms with Crippen LogP contribution in [-0.4, -0.2) is 55.4 Å². The lowest BCUT2D eigenvalue weighted by Crippen LogP contribution is -2.53. The SMILES string of the molecule is CC1(C)[C@@H]2CC[C@]1(CS(=O)(=O)N1CCN(c3nc(Cl)c(C(F)(F)F)cc3Cl)CC1)C(=O)C2. The van der Waals surface area contributed by atoms with Gasteiger partial charge in [-0.3, -0.25) is 4.79 Å². The van der Waals surface area contributed by atoms with E-state index >= 15 is 0 Å². The zero-order valence-corrected chi connectivity index (χ0v) is 20.0. The second-order valence-electron chi connectivity index (χ2n) is 9.44. The maximum absolute atomic E-state index is 13.2. The third-order valence-electron chi connectivity index (χ3n) is 7.72. The first kappa shape index (κ1) is 24.0. The average Bonchev–Trinajstić information content (AvgIpc) is 3.03. The number of halogens is 5. The maximum Gasteiger partial charge on any atom is 0.419 e. The van der Waals surface area contributed by atoms with Crippen molar-refractivity contribution in [2.45, 2.75) is 39.3 Å². The highest BCUT2D eigenvalue weighted by molar-refractivity contribution is 7.89. The van der Waals surface area contributed by atoms with Crippen molar-refractivity contribution in [2.75, 3.05) is 36.8 Å². The Morgan fingerprint density at radius 1 is 1.19 bits per heavy atom. The van der Waals surface area contributed by atoms with Gasteiger partial charge in [0.1, 0.15) is 16.8 Å². The van der Waals surface area contributed by atoms with Crippen LogP contribution in [0.4, 0.5) is 19.0 Å². The minimum atomic E-state index is -4.68. The number of piperazine rings is 1. The van der Waals surface area contributed by atoms with Gasteiger partial charge < -0.3 is 4.90 Å². The molecular formula is C20H24Cl2F3N3O3S. The van der Waals surface area contributed by atoms with Crippen LogP contribution in [0, 0.1) is 16.7 Å². The van der Waals surface area contributed by atoms with E-state index in [-0.39, 0.29) is 59.9 Å². The summed E-state index contributed by atoms with van der Waals surface area (Å²) in [7, 11) is -3.71. The predicted molar refractivity (Wildman–Crippen MR) is 115 cm³/mol. The lowest BCUT2D eigenvalue weighted by Gasteiger charge is -2.40. The number of alkyl halides is 3. The summed E-state index contributed by atoms with van der Waals surface area (Å²) in [5.41, 5.74) is -2.32. The van der Waals surface area contributed by atoms with E-state index in [0.29, 0.717) is 12.8 Å². The molecule has 0 N–H and O–H groups in total. The predicted octanol–water partition coefficient (Wildman–Crippen LogP) is 4.25. The van der Waals surface area contributed by atoms with Crippen molar-refractivity contribution < 1.29 is 26.4 Å². The Labute approximate surface area is 195 Å². The molecule has 0 radical (unpaired) electrons. The molecule has 2 bridgehead atoms. The van der Waals surface area contributed by atoms with Crippen molar-refractivity contribution in [3.8, 4) is 0 Å². The molecule has 12 heteroatoms. The molecule has 6 nitrogen and oxygen atoms in total. The number of anilines is 1. The van der Waals surface area contributed by atoms with Crippen LogP contribution >= 0.6 is 23.2 Å². The summed E-state index contributed by atoms with van der Waals surface area (Å²) in [4.78, 5) is 18.2. The molecule has 1 aromatic rings. The highest BCUT2D eigenvalue weighted by atomic mass is 35.5. The Balaban J connectivity index is 1.48. The van der Waals surface area contributed by atoms with Gasteiger partial charge >= 0.3 is 6.18 Å². The highest BCUT2D eigenvalue weighted by Crippen LogP contribution is 2.64. The summed E-state index contributed by atoms with van der Waals surface area (Å²) in [5, 5.41) is -0.906. The minimum Gasteiger partial charge on any atom is -0.353 e. The van der Waals surface area contributed by atoms with E-state index in [4.69, 9.17) is 23.2 Å². The molecule has 2 saturated carbocycles. The summed E-state index contributed by atoms with van der Waals surface area (Å²) < 4.78 is 66.9. The number of pyridine rings is 1. The van der Waals surface area contributed by atoms with Crippen molar-refractivity contribution in [1.82, 2.24) is 9.29 Å². The number of rotatable bonds is 4. The van der Waals surface area contributed by atoms with Crippen LogP contribution in [0.1, 0.15) is 38.7 Å². The van der Waals surface area contributed by atoms with Crippen molar-refractivity contribution in [3.05, 3.63) is 21.8 Å². The first-order valence-corrected chi connectivity index (χ1v) is 12.7. The molecule has 4 rings (SSSR count). The van der Waals surface area contributed by atoms with E-state index in [9.17, 15) is 26.4 Å². The summed E-state index contributed by atoms with van der Waals surface area (Å²) in [6.45, 7) is 4.61. The second kappa shape index (κ2) is 7.71. The third kappa shape index (κ3) is 3.71. The van der Waals surface area contributed by atoms with Crippen molar-refractivity contribution in [3.63, 3.8) is 0 Å². The monoisotopic (exact) mass is 513 g/mol. The van der Waals surface area contributed by atoms with Crippen LogP contribution < -0.4 is 4.90 Å². The summed E-state index contributed by atoms with van der Waals surface area (Å²) in [6, 6.07) is 0.735. The zero-order chi connectivity index (χ0) is 23.7. The Bertz CT molecular complexity index is 1060. The van der Waals surface area contributed by atoms with Gasteiger partial charge in [-0.2, -0.15) is 17.5 Å². The topological polar surface area (TPSA) is 70.6 Å². The lowest BCUT2D eigenvalue weighted by molar-refractivity contribution is -0.137. The van der Waals surface area contributed by atoms with Gasteiger partial charge in [0.25, 0.3) is 0 Å². The normalized spacial score (nSPS) is 28.5. The Kier molecular flexibility index (Phi) is 5.79. The van der Waals surface area contributed by atoms with Crippen LogP contribution in [0.3, 0.4) is 0 Å². The molecule has 0 amide bonds. The Hall–Kier alpha value is -1.10. The molecule has 3 aliphatic rings. The third-order valence-corrected chi connectivity index (χ3v) is 10.3. The molecular weight excluding hydrogens is 490 g/mol. The van der Waals surface area contributed by atoms with Gasteiger partial charge in [-0.25, -0.2) is 13.4 Å².